The number of nitrogens with one attached hydrogen (secondary N) is 1. The SMILES string of the molecule is CCn1nc(CC(C)C)cc1C(=O)NC1CCC(n2cc(-c3ccncn3)cn2)CC1. The summed E-state index contributed by atoms with van der Waals surface area (Å²) in [7, 11) is 0. The van der Waals surface area contributed by atoms with Gasteiger partial charge in [0.25, 0.3) is 5.91 Å². The first-order chi connectivity index (χ1) is 15.0. The first-order valence-electron chi connectivity index (χ1n) is 11.2. The molecule has 0 unspecified atom stereocenters. The van der Waals surface area contributed by atoms with Crippen LogP contribution in [0.2, 0.25) is 0 Å². The maximum Gasteiger partial charge on any atom is 0.269 e. The highest BCUT2D eigenvalue weighted by atomic mass is 16.2. The molecule has 31 heavy (non-hydrogen) atoms. The molecule has 164 valence electrons. The fraction of sp³-hybridized carbons (Fsp3) is 0.522. The van der Waals surface area contributed by atoms with Crippen molar-refractivity contribution in [3.63, 3.8) is 0 Å². The molecule has 3 aromatic heterocycles. The summed E-state index contributed by atoms with van der Waals surface area (Å²) in [4.78, 5) is 21.2. The number of aryl methyl sites for hydroxylation is 1. The number of carbonyl (C=O) groups is 1. The summed E-state index contributed by atoms with van der Waals surface area (Å²) in [5, 5.41) is 12.4. The highest BCUT2D eigenvalue weighted by Gasteiger charge is 2.26. The zero-order chi connectivity index (χ0) is 21.8. The average molecular weight is 422 g/mol. The number of carbonyl (C=O) groups excluding carboxylic acids is 1. The number of rotatable bonds is 7. The van der Waals surface area contributed by atoms with Gasteiger partial charge in [0.2, 0.25) is 0 Å². The Labute approximate surface area is 183 Å². The molecule has 0 radical (unpaired) electrons. The van der Waals surface area contributed by atoms with Crippen LogP contribution in [0.4, 0.5) is 0 Å². The quantitative estimate of drug-likeness (QED) is 0.629. The van der Waals surface area contributed by atoms with Crippen molar-refractivity contribution in [2.24, 2.45) is 5.92 Å². The molecule has 0 bridgehead atoms. The molecular weight excluding hydrogens is 390 g/mol. The molecule has 1 N–H and O–H groups in total. The lowest BCUT2D eigenvalue weighted by Crippen LogP contribution is -2.38. The fourth-order valence-corrected chi connectivity index (χ4v) is 4.29. The third-order valence-electron chi connectivity index (χ3n) is 5.87. The fourth-order valence-electron chi connectivity index (χ4n) is 4.29. The van der Waals surface area contributed by atoms with E-state index in [9.17, 15) is 4.79 Å². The van der Waals surface area contributed by atoms with Gasteiger partial charge in [-0.15, -0.1) is 0 Å². The Hall–Kier alpha value is -3.03. The van der Waals surface area contributed by atoms with Crippen molar-refractivity contribution in [2.75, 3.05) is 0 Å². The van der Waals surface area contributed by atoms with Crippen LogP contribution in [0.5, 0.6) is 0 Å². The van der Waals surface area contributed by atoms with Crippen molar-refractivity contribution in [2.45, 2.75) is 71.5 Å². The molecule has 8 nitrogen and oxygen atoms in total. The molecule has 3 heterocycles. The maximum atomic E-state index is 12.9. The topological polar surface area (TPSA) is 90.5 Å². The van der Waals surface area contributed by atoms with E-state index in [1.165, 1.54) is 0 Å². The van der Waals surface area contributed by atoms with E-state index >= 15 is 0 Å². The van der Waals surface area contributed by atoms with Gasteiger partial charge in [-0.2, -0.15) is 10.2 Å². The summed E-state index contributed by atoms with van der Waals surface area (Å²) < 4.78 is 3.86. The Balaban J connectivity index is 1.34. The number of hydrogen-bond acceptors (Lipinski definition) is 5. The molecule has 1 amide bonds. The van der Waals surface area contributed by atoms with Gasteiger partial charge in [0.05, 0.1) is 23.6 Å². The normalized spacial score (nSPS) is 19.0. The van der Waals surface area contributed by atoms with Gasteiger partial charge in [-0.25, -0.2) is 9.97 Å². The summed E-state index contributed by atoms with van der Waals surface area (Å²) >= 11 is 0. The summed E-state index contributed by atoms with van der Waals surface area (Å²) in [6.45, 7) is 7.05. The highest BCUT2D eigenvalue weighted by Crippen LogP contribution is 2.29. The number of nitrogens with zero attached hydrogens (tertiary/aromatic N) is 6. The van der Waals surface area contributed by atoms with E-state index in [0.29, 0.717) is 24.2 Å². The van der Waals surface area contributed by atoms with E-state index in [1.54, 1.807) is 12.5 Å². The van der Waals surface area contributed by atoms with Crippen LogP contribution in [0, 0.1) is 5.92 Å². The van der Waals surface area contributed by atoms with Gasteiger partial charge in [-0.3, -0.25) is 14.2 Å². The molecule has 1 fully saturated rings. The monoisotopic (exact) mass is 421 g/mol. The van der Waals surface area contributed by atoms with Gasteiger partial charge in [-0.05, 0) is 57.1 Å². The predicted octanol–water partition coefficient (Wildman–Crippen LogP) is 3.67. The van der Waals surface area contributed by atoms with Crippen molar-refractivity contribution in [3.8, 4) is 11.3 Å². The van der Waals surface area contributed by atoms with Crippen molar-refractivity contribution < 1.29 is 4.79 Å². The van der Waals surface area contributed by atoms with Gasteiger partial charge in [-0.1, -0.05) is 13.8 Å². The van der Waals surface area contributed by atoms with Crippen LogP contribution in [0.3, 0.4) is 0 Å². The molecule has 1 aliphatic carbocycles. The Morgan fingerprint density at radius 1 is 1.26 bits per heavy atom. The lowest BCUT2D eigenvalue weighted by molar-refractivity contribution is 0.0911. The van der Waals surface area contributed by atoms with Crippen LogP contribution in [0.1, 0.15) is 68.7 Å². The molecule has 0 saturated heterocycles. The number of amides is 1. The number of aromatic nitrogens is 6. The van der Waals surface area contributed by atoms with Crippen LogP contribution < -0.4 is 5.32 Å². The molecule has 1 saturated carbocycles. The average Bonchev–Trinajstić information content (AvgIpc) is 3.42. The van der Waals surface area contributed by atoms with E-state index < -0.39 is 0 Å². The van der Waals surface area contributed by atoms with Gasteiger partial charge >= 0.3 is 0 Å². The standard InChI is InChI=1S/C23H31N7O/c1-4-29-22(12-19(28-29)11-16(2)3)23(31)27-18-5-7-20(8-6-18)30-14-17(13-26-30)21-9-10-24-15-25-21/h9-10,12-16,18,20H,4-8,11H2,1-3H3,(H,27,31). The highest BCUT2D eigenvalue weighted by molar-refractivity contribution is 5.92. The minimum Gasteiger partial charge on any atom is -0.348 e. The second-order valence-electron chi connectivity index (χ2n) is 8.72. The zero-order valence-electron chi connectivity index (χ0n) is 18.5. The van der Waals surface area contributed by atoms with E-state index in [1.807, 2.05) is 34.6 Å². The van der Waals surface area contributed by atoms with Crippen LogP contribution in [-0.2, 0) is 13.0 Å². The molecule has 0 atom stereocenters. The molecule has 0 aliphatic heterocycles. The first-order valence-corrected chi connectivity index (χ1v) is 11.2. The summed E-state index contributed by atoms with van der Waals surface area (Å²) in [5.74, 6) is 0.501. The van der Waals surface area contributed by atoms with Crippen LogP contribution in [-0.4, -0.2) is 41.5 Å². The first kappa shape index (κ1) is 21.2. The summed E-state index contributed by atoms with van der Waals surface area (Å²) in [5.41, 5.74) is 3.54. The van der Waals surface area contributed by atoms with Crippen LogP contribution in [0.15, 0.2) is 37.1 Å². The summed E-state index contributed by atoms with van der Waals surface area (Å²) in [6.07, 6.45) is 12.0. The smallest absolute Gasteiger partial charge is 0.269 e. The Morgan fingerprint density at radius 2 is 2.06 bits per heavy atom. The van der Waals surface area contributed by atoms with Crippen molar-refractivity contribution >= 4 is 5.91 Å². The second-order valence-corrected chi connectivity index (χ2v) is 8.72. The minimum absolute atomic E-state index is 0.0158. The largest absolute Gasteiger partial charge is 0.348 e. The van der Waals surface area contributed by atoms with Crippen LogP contribution in [0.25, 0.3) is 11.3 Å². The molecular formula is C23H31N7O. The van der Waals surface area contributed by atoms with Crippen LogP contribution >= 0.6 is 0 Å². The van der Waals surface area contributed by atoms with E-state index in [-0.39, 0.29) is 11.9 Å². The van der Waals surface area contributed by atoms with Crippen molar-refractivity contribution in [3.05, 3.63) is 48.4 Å². The molecule has 4 rings (SSSR count). The van der Waals surface area contributed by atoms with Gasteiger partial charge < -0.3 is 5.32 Å². The lowest BCUT2D eigenvalue weighted by atomic mass is 9.91. The second kappa shape index (κ2) is 9.41. The molecule has 8 heteroatoms. The molecule has 0 aromatic carbocycles. The van der Waals surface area contributed by atoms with E-state index in [0.717, 1.165) is 49.1 Å². The molecule has 1 aliphatic rings. The van der Waals surface area contributed by atoms with Gasteiger partial charge in [0.1, 0.15) is 12.0 Å². The van der Waals surface area contributed by atoms with E-state index in [2.05, 4.69) is 45.5 Å². The van der Waals surface area contributed by atoms with E-state index in [4.69, 9.17) is 0 Å². The van der Waals surface area contributed by atoms with Gasteiger partial charge in [0.15, 0.2) is 0 Å². The predicted molar refractivity (Wildman–Crippen MR) is 118 cm³/mol. The Kier molecular flexibility index (Phi) is 6.44. The third kappa shape index (κ3) is 5.00. The number of hydrogen-bond donors (Lipinski definition) is 1. The Morgan fingerprint density at radius 3 is 2.74 bits per heavy atom. The maximum absolute atomic E-state index is 12.9. The van der Waals surface area contributed by atoms with Gasteiger partial charge in [0, 0.05) is 30.5 Å². The van der Waals surface area contributed by atoms with Crippen molar-refractivity contribution in [1.82, 2.24) is 34.8 Å². The third-order valence-corrected chi connectivity index (χ3v) is 5.87. The Bertz CT molecular complexity index is 1000. The lowest BCUT2D eigenvalue weighted by Gasteiger charge is -2.29. The van der Waals surface area contributed by atoms with Crippen molar-refractivity contribution in [1.29, 1.82) is 0 Å². The zero-order valence-corrected chi connectivity index (χ0v) is 18.5. The molecule has 0 spiro atoms. The molecule has 3 aromatic rings. The minimum atomic E-state index is -0.0158. The summed E-state index contributed by atoms with van der Waals surface area (Å²) in [6, 6.07) is 4.38.